The molecule has 0 saturated heterocycles. The Morgan fingerprint density at radius 2 is 1.76 bits per heavy atom. The second-order valence-corrected chi connectivity index (χ2v) is 4.61. The topological polar surface area (TPSA) is 20.2 Å². The van der Waals surface area contributed by atoms with Crippen molar-refractivity contribution in [3.05, 3.63) is 57.0 Å². The van der Waals surface area contributed by atoms with Crippen LogP contribution in [0, 0.1) is 24.4 Å². The molecule has 2 rings (SSSR count). The molecule has 0 aliphatic carbocycles. The van der Waals surface area contributed by atoms with Crippen molar-refractivity contribution in [3.63, 3.8) is 0 Å². The summed E-state index contributed by atoms with van der Waals surface area (Å²) in [6.45, 7) is 1.76. The van der Waals surface area contributed by atoms with Gasteiger partial charge in [0.15, 0.2) is 11.6 Å². The summed E-state index contributed by atoms with van der Waals surface area (Å²) in [4.78, 5) is 0.523. The first-order chi connectivity index (χ1) is 8.00. The van der Waals surface area contributed by atoms with E-state index in [1.54, 1.807) is 18.4 Å². The molecule has 0 radical (unpaired) electrons. The lowest BCUT2D eigenvalue weighted by atomic mass is 10.0. The van der Waals surface area contributed by atoms with Crippen molar-refractivity contribution < 1.29 is 18.3 Å². The quantitative estimate of drug-likeness (QED) is 0.817. The van der Waals surface area contributed by atoms with E-state index >= 15 is 0 Å². The largest absolute Gasteiger partial charge is 0.383 e. The fourth-order valence-electron chi connectivity index (χ4n) is 1.55. The molecule has 0 bridgehead atoms. The van der Waals surface area contributed by atoms with Crippen LogP contribution >= 0.6 is 11.3 Å². The zero-order valence-corrected chi connectivity index (χ0v) is 9.69. The van der Waals surface area contributed by atoms with Gasteiger partial charge < -0.3 is 5.11 Å². The second-order valence-electron chi connectivity index (χ2n) is 3.66. The van der Waals surface area contributed by atoms with Gasteiger partial charge in [0, 0.05) is 16.5 Å². The first kappa shape index (κ1) is 12.1. The van der Waals surface area contributed by atoms with Crippen molar-refractivity contribution in [1.29, 1.82) is 0 Å². The first-order valence-corrected chi connectivity index (χ1v) is 5.75. The molecule has 1 heterocycles. The van der Waals surface area contributed by atoms with E-state index in [0.717, 1.165) is 5.56 Å². The highest BCUT2D eigenvalue weighted by atomic mass is 32.1. The van der Waals surface area contributed by atoms with E-state index in [4.69, 9.17) is 0 Å². The maximum absolute atomic E-state index is 13.4. The highest BCUT2D eigenvalue weighted by Gasteiger charge is 2.20. The molecule has 1 atom stereocenters. The number of thiophene rings is 1. The van der Waals surface area contributed by atoms with Gasteiger partial charge in [-0.1, -0.05) is 0 Å². The SMILES string of the molecule is Cc1ccsc1C(O)c1cc(F)c(F)cc1F. The van der Waals surface area contributed by atoms with E-state index in [1.807, 2.05) is 0 Å². The summed E-state index contributed by atoms with van der Waals surface area (Å²) < 4.78 is 39.2. The Morgan fingerprint density at radius 1 is 1.12 bits per heavy atom. The lowest BCUT2D eigenvalue weighted by Gasteiger charge is -2.12. The van der Waals surface area contributed by atoms with E-state index in [0.29, 0.717) is 17.0 Å². The van der Waals surface area contributed by atoms with Gasteiger partial charge in [0.1, 0.15) is 11.9 Å². The van der Waals surface area contributed by atoms with Crippen LogP contribution in [-0.2, 0) is 0 Å². The van der Waals surface area contributed by atoms with E-state index in [1.165, 1.54) is 11.3 Å². The zero-order chi connectivity index (χ0) is 12.6. The highest BCUT2D eigenvalue weighted by Crippen LogP contribution is 2.31. The number of hydrogen-bond acceptors (Lipinski definition) is 2. The third kappa shape index (κ3) is 2.21. The van der Waals surface area contributed by atoms with Gasteiger partial charge in [-0.3, -0.25) is 0 Å². The summed E-state index contributed by atoms with van der Waals surface area (Å²) in [5.74, 6) is -3.39. The number of aliphatic hydroxyl groups is 1. The Labute approximate surface area is 100 Å². The molecule has 0 amide bonds. The molecule has 1 unspecified atom stereocenters. The summed E-state index contributed by atoms with van der Waals surface area (Å²) in [5.41, 5.74) is 0.529. The van der Waals surface area contributed by atoms with Crippen molar-refractivity contribution in [3.8, 4) is 0 Å². The summed E-state index contributed by atoms with van der Waals surface area (Å²) in [6.07, 6.45) is -1.27. The standard InChI is InChI=1S/C12H9F3OS/c1-6-2-3-17-12(6)11(16)7-4-9(14)10(15)5-8(7)13/h2-5,11,16H,1H3. The van der Waals surface area contributed by atoms with E-state index in [-0.39, 0.29) is 5.56 Å². The van der Waals surface area contributed by atoms with Crippen LogP contribution in [0.5, 0.6) is 0 Å². The molecule has 0 saturated carbocycles. The predicted octanol–water partition coefficient (Wildman–Crippen LogP) is 3.56. The lowest BCUT2D eigenvalue weighted by Crippen LogP contribution is -2.04. The van der Waals surface area contributed by atoms with Gasteiger partial charge in [-0.2, -0.15) is 0 Å². The fraction of sp³-hybridized carbons (Fsp3) is 0.167. The van der Waals surface area contributed by atoms with Gasteiger partial charge in [0.25, 0.3) is 0 Å². The van der Waals surface area contributed by atoms with Gasteiger partial charge >= 0.3 is 0 Å². The average Bonchev–Trinajstić information content (AvgIpc) is 2.69. The molecule has 0 aliphatic heterocycles. The van der Waals surface area contributed by atoms with E-state index in [2.05, 4.69) is 0 Å². The van der Waals surface area contributed by atoms with Crippen LogP contribution in [0.3, 0.4) is 0 Å². The monoisotopic (exact) mass is 258 g/mol. The van der Waals surface area contributed by atoms with Crippen molar-refractivity contribution in [2.24, 2.45) is 0 Å². The Balaban J connectivity index is 2.48. The first-order valence-electron chi connectivity index (χ1n) is 4.87. The molecule has 1 aromatic heterocycles. The van der Waals surface area contributed by atoms with Gasteiger partial charge in [-0.25, -0.2) is 13.2 Å². The maximum atomic E-state index is 13.4. The van der Waals surface area contributed by atoms with Crippen LogP contribution in [0.2, 0.25) is 0 Å². The minimum Gasteiger partial charge on any atom is -0.383 e. The molecule has 90 valence electrons. The molecule has 0 fully saturated rings. The normalized spacial score (nSPS) is 12.8. The smallest absolute Gasteiger partial charge is 0.161 e. The molecule has 0 spiro atoms. The molecule has 1 aromatic carbocycles. The van der Waals surface area contributed by atoms with Crippen LogP contribution in [0.4, 0.5) is 13.2 Å². The maximum Gasteiger partial charge on any atom is 0.161 e. The summed E-state index contributed by atoms with van der Waals surface area (Å²) in [6, 6.07) is 2.90. The summed E-state index contributed by atoms with van der Waals surface area (Å²) >= 11 is 1.24. The molecule has 1 N–H and O–H groups in total. The average molecular weight is 258 g/mol. The van der Waals surface area contributed by atoms with Crippen molar-refractivity contribution >= 4 is 11.3 Å². The number of rotatable bonds is 2. The van der Waals surface area contributed by atoms with Gasteiger partial charge in [0.2, 0.25) is 0 Å². The molecule has 17 heavy (non-hydrogen) atoms. The van der Waals surface area contributed by atoms with E-state index in [9.17, 15) is 18.3 Å². The van der Waals surface area contributed by atoms with Crippen molar-refractivity contribution in [1.82, 2.24) is 0 Å². The van der Waals surface area contributed by atoms with E-state index < -0.39 is 23.6 Å². The van der Waals surface area contributed by atoms with Gasteiger partial charge in [-0.05, 0) is 30.0 Å². The van der Waals surface area contributed by atoms with Crippen LogP contribution in [-0.4, -0.2) is 5.11 Å². The van der Waals surface area contributed by atoms with Crippen LogP contribution in [0.25, 0.3) is 0 Å². The molecular weight excluding hydrogens is 249 g/mol. The Bertz CT molecular complexity index is 551. The minimum atomic E-state index is -1.27. The predicted molar refractivity (Wildman–Crippen MR) is 59.4 cm³/mol. The Hall–Kier alpha value is -1.33. The van der Waals surface area contributed by atoms with Gasteiger partial charge in [-0.15, -0.1) is 11.3 Å². The molecule has 5 heteroatoms. The van der Waals surface area contributed by atoms with Crippen LogP contribution in [0.15, 0.2) is 23.6 Å². The Kier molecular flexibility index (Phi) is 3.22. The third-order valence-corrected chi connectivity index (χ3v) is 3.56. The number of hydrogen-bond donors (Lipinski definition) is 1. The van der Waals surface area contributed by atoms with Crippen molar-refractivity contribution in [2.75, 3.05) is 0 Å². The Morgan fingerprint density at radius 3 is 2.35 bits per heavy atom. The molecule has 1 nitrogen and oxygen atoms in total. The highest BCUT2D eigenvalue weighted by molar-refractivity contribution is 7.10. The van der Waals surface area contributed by atoms with Crippen LogP contribution < -0.4 is 0 Å². The summed E-state index contributed by atoms with van der Waals surface area (Å²) in [7, 11) is 0. The molecule has 0 aliphatic rings. The number of aliphatic hydroxyl groups excluding tert-OH is 1. The number of aryl methyl sites for hydroxylation is 1. The van der Waals surface area contributed by atoms with Crippen molar-refractivity contribution in [2.45, 2.75) is 13.0 Å². The second kappa shape index (κ2) is 4.50. The fourth-order valence-corrected chi connectivity index (χ4v) is 2.48. The molecular formula is C12H9F3OS. The minimum absolute atomic E-state index is 0.255. The zero-order valence-electron chi connectivity index (χ0n) is 8.88. The third-order valence-electron chi connectivity index (χ3n) is 2.48. The molecule has 2 aromatic rings. The summed E-state index contributed by atoms with van der Waals surface area (Å²) in [5, 5.41) is 11.7. The number of halogens is 3. The van der Waals surface area contributed by atoms with Gasteiger partial charge in [0.05, 0.1) is 0 Å². The number of benzene rings is 1. The lowest BCUT2D eigenvalue weighted by molar-refractivity contribution is 0.217. The van der Waals surface area contributed by atoms with Crippen LogP contribution in [0.1, 0.15) is 22.1 Å².